The first kappa shape index (κ1) is 20.8. The van der Waals surface area contributed by atoms with Gasteiger partial charge in [0.1, 0.15) is 5.75 Å². The maximum Gasteiger partial charge on any atom is 0.474 e. The lowest BCUT2D eigenvalue weighted by molar-refractivity contribution is -0.402. The highest BCUT2D eigenvalue weighted by molar-refractivity contribution is 5.30. The van der Waals surface area contributed by atoms with Crippen LogP contribution in [-0.4, -0.2) is 18.2 Å². The minimum absolute atomic E-state index is 0.231. The summed E-state index contributed by atoms with van der Waals surface area (Å²) in [5.41, 5.74) is 0.846. The summed E-state index contributed by atoms with van der Waals surface area (Å²) in [6, 6.07) is 4.91. The van der Waals surface area contributed by atoms with E-state index in [2.05, 4.69) is 11.7 Å². The van der Waals surface area contributed by atoms with Crippen molar-refractivity contribution in [3.8, 4) is 5.75 Å². The number of hydrogen-bond acceptors (Lipinski definition) is 1. The number of rotatable bonds is 6. The summed E-state index contributed by atoms with van der Waals surface area (Å²) < 4.78 is 92.3. The third-order valence-corrected chi connectivity index (χ3v) is 4.86. The smallest absolute Gasteiger partial charge is 0.428 e. The molecule has 0 radical (unpaired) electrons. The average molecular weight is 386 g/mol. The summed E-state index contributed by atoms with van der Waals surface area (Å²) in [5.74, 6) is -6.10. The van der Waals surface area contributed by atoms with Crippen LogP contribution in [0.4, 0.5) is 30.7 Å². The topological polar surface area (TPSA) is 9.23 Å². The van der Waals surface area contributed by atoms with E-state index in [1.165, 1.54) is 18.6 Å². The van der Waals surface area contributed by atoms with Crippen LogP contribution in [0.2, 0.25) is 0 Å². The molecule has 26 heavy (non-hydrogen) atoms. The molecule has 1 aromatic carbocycles. The second kappa shape index (κ2) is 7.64. The zero-order valence-electron chi connectivity index (χ0n) is 14.3. The number of halogens is 7. The van der Waals surface area contributed by atoms with Gasteiger partial charge in [-0.15, -0.1) is 0 Å². The molecule has 0 spiro atoms. The Hall–Kier alpha value is -1.47. The molecule has 0 bridgehead atoms. The van der Waals surface area contributed by atoms with E-state index in [9.17, 15) is 30.7 Å². The van der Waals surface area contributed by atoms with E-state index in [1.54, 1.807) is 0 Å². The lowest BCUT2D eigenvalue weighted by Gasteiger charge is -2.29. The number of alkyl halides is 7. The Kier molecular flexibility index (Phi) is 6.13. The van der Waals surface area contributed by atoms with Gasteiger partial charge in [-0.2, -0.15) is 30.7 Å². The predicted octanol–water partition coefficient (Wildman–Crippen LogP) is 6.93. The summed E-state index contributed by atoms with van der Waals surface area (Å²) >= 11 is 0. The maximum atomic E-state index is 13.3. The molecule has 8 heteroatoms. The molecule has 1 fully saturated rings. The molecule has 1 aliphatic carbocycles. The normalized spacial score (nSPS) is 22.3. The van der Waals surface area contributed by atoms with Gasteiger partial charge < -0.3 is 4.74 Å². The van der Waals surface area contributed by atoms with Crippen LogP contribution in [0.25, 0.3) is 0 Å². The van der Waals surface area contributed by atoms with Crippen LogP contribution in [0, 0.1) is 5.92 Å². The van der Waals surface area contributed by atoms with Crippen LogP contribution in [0.3, 0.4) is 0 Å². The number of hydrogen-bond donors (Lipinski definition) is 0. The highest BCUT2D eigenvalue weighted by atomic mass is 19.4. The van der Waals surface area contributed by atoms with E-state index in [-0.39, 0.29) is 5.92 Å². The molecule has 0 aromatic heterocycles. The summed E-state index contributed by atoms with van der Waals surface area (Å²) in [5, 5.41) is 0. The third-order valence-electron chi connectivity index (χ3n) is 4.86. The summed E-state index contributed by atoms with van der Waals surface area (Å²) in [6.45, 7) is 2.13. The first-order valence-electron chi connectivity index (χ1n) is 8.59. The fraction of sp³-hybridized carbons (Fsp3) is 0.667. The van der Waals surface area contributed by atoms with Crippen LogP contribution in [-0.2, 0) is 0 Å². The second-order valence-electron chi connectivity index (χ2n) is 6.77. The quantitative estimate of drug-likeness (QED) is 0.482. The molecule has 0 saturated heterocycles. The molecule has 1 nitrogen and oxygen atoms in total. The lowest BCUT2D eigenvalue weighted by atomic mass is 9.77. The van der Waals surface area contributed by atoms with Gasteiger partial charge in [-0.1, -0.05) is 31.9 Å². The molecule has 1 saturated carbocycles. The van der Waals surface area contributed by atoms with Crippen LogP contribution in [0.15, 0.2) is 24.3 Å². The average Bonchev–Trinajstić information content (AvgIpc) is 2.55. The Labute approximate surface area is 147 Å². The van der Waals surface area contributed by atoms with Crippen molar-refractivity contribution in [3.63, 3.8) is 0 Å². The fourth-order valence-corrected chi connectivity index (χ4v) is 3.38. The first-order chi connectivity index (χ1) is 12.0. The van der Waals surface area contributed by atoms with E-state index in [1.807, 2.05) is 0 Å². The van der Waals surface area contributed by atoms with Crippen molar-refractivity contribution in [2.45, 2.75) is 69.6 Å². The Balaban J connectivity index is 2.02. The van der Waals surface area contributed by atoms with E-state index >= 15 is 0 Å². The van der Waals surface area contributed by atoms with Gasteiger partial charge in [0.2, 0.25) is 0 Å². The van der Waals surface area contributed by atoms with Gasteiger partial charge in [0.15, 0.2) is 0 Å². The van der Waals surface area contributed by atoms with Crippen molar-refractivity contribution < 1.29 is 35.5 Å². The molecule has 0 unspecified atom stereocenters. The molecule has 0 N–H and O–H groups in total. The highest BCUT2D eigenvalue weighted by Gasteiger charge is 2.75. The van der Waals surface area contributed by atoms with Crippen molar-refractivity contribution in [1.82, 2.24) is 0 Å². The van der Waals surface area contributed by atoms with Gasteiger partial charge in [0.05, 0.1) is 0 Å². The SMILES string of the molecule is CCCC1CCC(c2ccc(OC(F)(F)C(F)(F)C(F)(F)F)cc2)CC1. The van der Waals surface area contributed by atoms with Gasteiger partial charge in [0.25, 0.3) is 0 Å². The molecule has 148 valence electrons. The lowest BCUT2D eigenvalue weighted by Crippen LogP contribution is -2.55. The molecular weight excluding hydrogens is 365 g/mol. The Morgan fingerprint density at radius 3 is 1.88 bits per heavy atom. The minimum Gasteiger partial charge on any atom is -0.428 e. The van der Waals surface area contributed by atoms with Crippen molar-refractivity contribution in [3.05, 3.63) is 29.8 Å². The van der Waals surface area contributed by atoms with Crippen molar-refractivity contribution in [1.29, 1.82) is 0 Å². The fourth-order valence-electron chi connectivity index (χ4n) is 3.38. The van der Waals surface area contributed by atoms with E-state index in [4.69, 9.17) is 0 Å². The van der Waals surface area contributed by atoms with E-state index in [0.29, 0.717) is 5.92 Å². The second-order valence-corrected chi connectivity index (χ2v) is 6.77. The van der Waals surface area contributed by atoms with Crippen LogP contribution in [0.5, 0.6) is 5.75 Å². The van der Waals surface area contributed by atoms with Crippen LogP contribution >= 0.6 is 0 Å². The molecule has 0 aliphatic heterocycles. The monoisotopic (exact) mass is 386 g/mol. The maximum absolute atomic E-state index is 13.3. The Morgan fingerprint density at radius 2 is 1.42 bits per heavy atom. The van der Waals surface area contributed by atoms with Gasteiger partial charge in [-0.25, -0.2) is 0 Å². The zero-order chi connectivity index (χ0) is 19.6. The van der Waals surface area contributed by atoms with Gasteiger partial charge in [-0.05, 0) is 55.2 Å². The summed E-state index contributed by atoms with van der Waals surface area (Å²) in [7, 11) is 0. The van der Waals surface area contributed by atoms with Crippen molar-refractivity contribution in [2.24, 2.45) is 5.92 Å². The largest absolute Gasteiger partial charge is 0.474 e. The molecular formula is C18H21F7O. The molecule has 0 atom stereocenters. The molecule has 1 aromatic rings. The minimum atomic E-state index is -6.41. The van der Waals surface area contributed by atoms with Crippen LogP contribution < -0.4 is 4.74 Å². The Morgan fingerprint density at radius 1 is 0.885 bits per heavy atom. The summed E-state index contributed by atoms with van der Waals surface area (Å²) in [6.07, 6.45) is -5.81. The highest BCUT2D eigenvalue weighted by Crippen LogP contribution is 2.47. The first-order valence-corrected chi connectivity index (χ1v) is 8.59. The third kappa shape index (κ3) is 4.43. The van der Waals surface area contributed by atoms with Gasteiger partial charge in [-0.3, -0.25) is 0 Å². The molecule has 0 heterocycles. The number of ether oxygens (including phenoxy) is 1. The Bertz CT molecular complexity index is 572. The van der Waals surface area contributed by atoms with Crippen LogP contribution in [0.1, 0.15) is 56.9 Å². The summed E-state index contributed by atoms with van der Waals surface area (Å²) in [4.78, 5) is 0. The van der Waals surface area contributed by atoms with Crippen molar-refractivity contribution in [2.75, 3.05) is 0 Å². The number of benzene rings is 1. The van der Waals surface area contributed by atoms with Crippen molar-refractivity contribution >= 4 is 0 Å². The predicted molar refractivity (Wildman–Crippen MR) is 82.6 cm³/mol. The molecule has 2 rings (SSSR count). The van der Waals surface area contributed by atoms with Gasteiger partial charge in [0, 0.05) is 0 Å². The molecule has 0 amide bonds. The van der Waals surface area contributed by atoms with E-state index < -0.39 is 24.0 Å². The van der Waals surface area contributed by atoms with E-state index in [0.717, 1.165) is 49.8 Å². The standard InChI is InChI=1S/C18H21F7O/c1-2-3-12-4-6-13(7-5-12)14-8-10-15(11-9-14)26-18(24,25)16(19,20)17(21,22)23/h8-13H,2-7H2,1H3. The molecule has 1 aliphatic rings. The zero-order valence-corrected chi connectivity index (χ0v) is 14.3. The van der Waals surface area contributed by atoms with Gasteiger partial charge >= 0.3 is 18.2 Å².